The number of aliphatic carboxylic acids is 1. The molecule has 180 valence electrons. The van der Waals surface area contributed by atoms with Gasteiger partial charge in [0.15, 0.2) is 0 Å². The molecule has 2 atom stereocenters. The fourth-order valence-electron chi connectivity index (χ4n) is 4.93. The van der Waals surface area contributed by atoms with Crippen LogP contribution in [0.2, 0.25) is 0 Å². The number of likely N-dealkylation sites (N-methyl/N-ethyl adjacent to an activating group) is 1. The maximum atomic E-state index is 13.2. The van der Waals surface area contributed by atoms with Crippen LogP contribution in [-0.4, -0.2) is 79.3 Å². The third kappa shape index (κ3) is 5.07. The Morgan fingerprint density at radius 1 is 1.09 bits per heavy atom. The van der Waals surface area contributed by atoms with Gasteiger partial charge in [-0.15, -0.1) is 0 Å². The summed E-state index contributed by atoms with van der Waals surface area (Å²) in [6.07, 6.45) is 0.522. The smallest absolute Gasteiger partial charge is 0.407 e. The molecular weight excluding hydrogens is 434 g/mol. The summed E-state index contributed by atoms with van der Waals surface area (Å²) in [6, 6.07) is 15.4. The van der Waals surface area contributed by atoms with E-state index in [1.54, 1.807) is 4.90 Å². The van der Waals surface area contributed by atoms with Crippen LogP contribution >= 0.6 is 0 Å². The van der Waals surface area contributed by atoms with Crippen LogP contribution in [0.1, 0.15) is 29.9 Å². The maximum Gasteiger partial charge on any atom is 0.407 e. The summed E-state index contributed by atoms with van der Waals surface area (Å²) in [7, 11) is 3.63. The Kier molecular flexibility index (Phi) is 7.17. The number of piperidine rings is 1. The van der Waals surface area contributed by atoms with Crippen molar-refractivity contribution < 1.29 is 24.2 Å². The van der Waals surface area contributed by atoms with Gasteiger partial charge in [0.2, 0.25) is 5.91 Å². The van der Waals surface area contributed by atoms with Crippen LogP contribution in [0.5, 0.6) is 0 Å². The number of fused-ring (bicyclic) bond motifs is 3. The van der Waals surface area contributed by atoms with Crippen molar-refractivity contribution in [1.82, 2.24) is 15.1 Å². The van der Waals surface area contributed by atoms with Crippen LogP contribution in [0.25, 0.3) is 11.1 Å². The molecule has 1 aliphatic heterocycles. The molecule has 4 rings (SSSR count). The van der Waals surface area contributed by atoms with Gasteiger partial charge in [-0.3, -0.25) is 9.59 Å². The van der Waals surface area contributed by atoms with Crippen molar-refractivity contribution in [1.29, 1.82) is 0 Å². The lowest BCUT2D eigenvalue weighted by molar-refractivity contribution is -0.146. The molecule has 0 radical (unpaired) electrons. The number of nitrogens with one attached hydrogen (secondary N) is 1. The molecule has 0 aromatic heterocycles. The van der Waals surface area contributed by atoms with E-state index < -0.39 is 24.0 Å². The van der Waals surface area contributed by atoms with Crippen LogP contribution < -0.4 is 5.32 Å². The predicted molar refractivity (Wildman–Crippen MR) is 127 cm³/mol. The summed E-state index contributed by atoms with van der Waals surface area (Å²) in [5.74, 6) is -1.83. The van der Waals surface area contributed by atoms with Crippen molar-refractivity contribution in [2.45, 2.75) is 24.8 Å². The highest BCUT2D eigenvalue weighted by molar-refractivity contribution is 5.86. The minimum absolute atomic E-state index is 0.0698. The Morgan fingerprint density at radius 3 is 2.29 bits per heavy atom. The molecule has 8 heteroatoms. The number of ether oxygens (including phenoxy) is 1. The van der Waals surface area contributed by atoms with E-state index in [1.807, 2.05) is 43.3 Å². The van der Waals surface area contributed by atoms with Crippen molar-refractivity contribution in [3.63, 3.8) is 0 Å². The second kappa shape index (κ2) is 10.3. The van der Waals surface area contributed by atoms with Crippen LogP contribution in [0.3, 0.4) is 0 Å². The van der Waals surface area contributed by atoms with Crippen LogP contribution in [0.15, 0.2) is 48.5 Å². The number of rotatable bonds is 7. The molecule has 1 heterocycles. The van der Waals surface area contributed by atoms with Gasteiger partial charge in [0, 0.05) is 25.6 Å². The Bertz CT molecular complexity index is 1020. The molecule has 1 unspecified atom stereocenters. The van der Waals surface area contributed by atoms with E-state index in [0.29, 0.717) is 19.4 Å². The number of hydrogen-bond donors (Lipinski definition) is 2. The third-order valence-electron chi connectivity index (χ3n) is 6.56. The van der Waals surface area contributed by atoms with E-state index in [-0.39, 0.29) is 31.5 Å². The number of amides is 2. The molecule has 2 amide bonds. The summed E-state index contributed by atoms with van der Waals surface area (Å²) in [5, 5.41) is 12.1. The highest BCUT2D eigenvalue weighted by atomic mass is 16.5. The summed E-state index contributed by atoms with van der Waals surface area (Å²) in [4.78, 5) is 40.7. The summed E-state index contributed by atoms with van der Waals surface area (Å²) in [6.45, 7) is 1.09. The number of benzene rings is 2. The molecule has 8 nitrogen and oxygen atoms in total. The quantitative estimate of drug-likeness (QED) is 0.653. The zero-order valence-corrected chi connectivity index (χ0v) is 19.6. The zero-order valence-electron chi connectivity index (χ0n) is 19.6. The van der Waals surface area contributed by atoms with Crippen LogP contribution in [0.4, 0.5) is 4.79 Å². The molecule has 2 aliphatic rings. The highest BCUT2D eigenvalue weighted by Crippen LogP contribution is 2.44. The molecule has 0 saturated carbocycles. The van der Waals surface area contributed by atoms with Crippen LogP contribution in [-0.2, 0) is 14.3 Å². The van der Waals surface area contributed by atoms with Crippen molar-refractivity contribution in [2.24, 2.45) is 5.92 Å². The lowest BCUT2D eigenvalue weighted by atomic mass is 9.97. The fraction of sp³-hybridized carbons (Fsp3) is 0.423. The first-order valence-corrected chi connectivity index (χ1v) is 11.6. The van der Waals surface area contributed by atoms with Gasteiger partial charge >= 0.3 is 12.1 Å². The number of carbonyl (C=O) groups is 3. The molecule has 34 heavy (non-hydrogen) atoms. The highest BCUT2D eigenvalue weighted by Gasteiger charge is 2.34. The average molecular weight is 466 g/mol. The van der Waals surface area contributed by atoms with Gasteiger partial charge in [-0.2, -0.15) is 0 Å². The molecule has 1 saturated heterocycles. The number of carboxylic acids is 1. The van der Waals surface area contributed by atoms with Gasteiger partial charge in [-0.1, -0.05) is 48.5 Å². The summed E-state index contributed by atoms with van der Waals surface area (Å²) >= 11 is 0. The molecule has 2 N–H and O–H groups in total. The Balaban J connectivity index is 1.42. The third-order valence-corrected chi connectivity index (χ3v) is 6.56. The Hall–Kier alpha value is -3.39. The molecule has 1 fully saturated rings. The van der Waals surface area contributed by atoms with E-state index in [4.69, 9.17) is 4.74 Å². The van der Waals surface area contributed by atoms with Gasteiger partial charge in [0.25, 0.3) is 0 Å². The van der Waals surface area contributed by atoms with Crippen molar-refractivity contribution in [2.75, 3.05) is 40.3 Å². The van der Waals surface area contributed by atoms with Crippen LogP contribution in [0, 0.1) is 5.92 Å². The predicted octanol–water partition coefficient (Wildman–Crippen LogP) is 2.78. The van der Waals surface area contributed by atoms with Gasteiger partial charge in [0.05, 0.1) is 5.92 Å². The topological polar surface area (TPSA) is 99.2 Å². The summed E-state index contributed by atoms with van der Waals surface area (Å²) in [5.41, 5.74) is 4.52. The number of nitrogens with zero attached hydrogens (tertiary/aromatic N) is 2. The maximum absolute atomic E-state index is 13.2. The van der Waals surface area contributed by atoms with E-state index >= 15 is 0 Å². The number of carboxylic acid groups (broad SMARTS) is 1. The number of likely N-dealkylation sites (tertiary alicyclic amines) is 1. The molecule has 0 bridgehead atoms. The van der Waals surface area contributed by atoms with Gasteiger partial charge in [-0.25, -0.2) is 4.79 Å². The van der Waals surface area contributed by atoms with Gasteiger partial charge in [0.1, 0.15) is 12.6 Å². The van der Waals surface area contributed by atoms with Crippen molar-refractivity contribution >= 4 is 18.0 Å². The normalized spacial score (nSPS) is 18.2. The van der Waals surface area contributed by atoms with E-state index in [9.17, 15) is 19.5 Å². The second-order valence-electron chi connectivity index (χ2n) is 9.25. The standard InChI is InChI=1S/C26H31N3O5/c1-28(2)15-23(24(30)29-13-7-8-17(14-29)25(31)32)27-26(33)34-16-22-20-11-5-3-9-18(20)19-10-4-6-12-21(19)22/h3-6,9-12,17,22-23H,7-8,13-16H2,1-2H3,(H,27,33)(H,31,32)/t17-,23?/m0/s1. The number of alkyl carbamates (subject to hydrolysis) is 1. The first kappa shape index (κ1) is 23.8. The fourth-order valence-corrected chi connectivity index (χ4v) is 4.93. The second-order valence-corrected chi connectivity index (χ2v) is 9.25. The van der Waals surface area contributed by atoms with E-state index in [1.165, 1.54) is 0 Å². The van der Waals surface area contributed by atoms with Gasteiger partial charge < -0.3 is 25.0 Å². The van der Waals surface area contributed by atoms with E-state index in [2.05, 4.69) is 29.6 Å². The minimum atomic E-state index is -0.897. The first-order chi connectivity index (χ1) is 16.3. The van der Waals surface area contributed by atoms with Crippen molar-refractivity contribution in [3.8, 4) is 11.1 Å². The molecule has 1 aliphatic carbocycles. The Morgan fingerprint density at radius 2 is 1.71 bits per heavy atom. The first-order valence-electron chi connectivity index (χ1n) is 11.6. The summed E-state index contributed by atoms with van der Waals surface area (Å²) < 4.78 is 5.62. The number of hydrogen-bond acceptors (Lipinski definition) is 5. The lowest BCUT2D eigenvalue weighted by Crippen LogP contribution is -2.55. The largest absolute Gasteiger partial charge is 0.481 e. The minimum Gasteiger partial charge on any atom is -0.481 e. The molecular formula is C26H31N3O5. The Labute approximate surface area is 199 Å². The molecule has 2 aromatic rings. The monoisotopic (exact) mass is 465 g/mol. The SMILES string of the molecule is CN(C)CC(NC(=O)OCC1c2ccccc2-c2ccccc21)C(=O)N1CCC[C@H](C(=O)O)C1. The number of carbonyl (C=O) groups excluding carboxylic acids is 2. The molecule has 0 spiro atoms. The zero-order chi connectivity index (χ0) is 24.2. The van der Waals surface area contributed by atoms with Crippen molar-refractivity contribution in [3.05, 3.63) is 59.7 Å². The lowest BCUT2D eigenvalue weighted by Gasteiger charge is -2.34. The average Bonchev–Trinajstić information content (AvgIpc) is 3.15. The van der Waals surface area contributed by atoms with E-state index in [0.717, 1.165) is 22.3 Å². The van der Waals surface area contributed by atoms with Gasteiger partial charge in [-0.05, 0) is 49.2 Å². The molecule has 2 aromatic carbocycles.